The number of nitrogens with one attached hydrogen (secondary N) is 2. The molecule has 1 aromatic heterocycles. The van der Waals surface area contributed by atoms with Crippen molar-refractivity contribution >= 4 is 23.4 Å². The lowest BCUT2D eigenvalue weighted by Crippen LogP contribution is -2.30. The number of carbonyl (C=O) groups excluding carboxylic acids is 2. The van der Waals surface area contributed by atoms with Crippen LogP contribution in [0.5, 0.6) is 0 Å². The Hall–Kier alpha value is -2.96. The van der Waals surface area contributed by atoms with Gasteiger partial charge in [-0.15, -0.1) is 10.2 Å². The molecule has 0 bridgehead atoms. The molecule has 2 rings (SSSR count). The second-order valence-electron chi connectivity index (χ2n) is 5.13. The molecule has 2 N–H and O–H groups in total. The third-order valence-corrected chi connectivity index (χ3v) is 2.90. The van der Waals surface area contributed by atoms with Gasteiger partial charge in [-0.3, -0.25) is 4.79 Å². The molecule has 1 heterocycles. The summed E-state index contributed by atoms with van der Waals surface area (Å²) in [5, 5.41) is 13.6. The van der Waals surface area contributed by atoms with Crippen LogP contribution in [0.3, 0.4) is 0 Å². The standard InChI is InChI=1S/C16H18N4O3/c1-10(2)17-15(21)13-8-9-14(20-19-13)18-12-6-4-11(5-7-12)16(22)23-3/h4-10H,1-3H3,(H,17,21)(H,18,20). The first-order chi connectivity index (χ1) is 11.0. The van der Waals surface area contributed by atoms with Crippen molar-refractivity contribution in [3.05, 3.63) is 47.7 Å². The minimum absolute atomic E-state index is 0.0374. The molecule has 0 spiro atoms. The van der Waals surface area contributed by atoms with Crippen LogP contribution in [0.2, 0.25) is 0 Å². The molecular weight excluding hydrogens is 296 g/mol. The fourth-order valence-electron chi connectivity index (χ4n) is 1.81. The number of amides is 1. The zero-order chi connectivity index (χ0) is 16.8. The number of hydrogen-bond acceptors (Lipinski definition) is 6. The first kappa shape index (κ1) is 16.4. The number of rotatable bonds is 5. The average Bonchev–Trinajstić information content (AvgIpc) is 2.55. The molecule has 120 valence electrons. The molecule has 0 aliphatic rings. The van der Waals surface area contributed by atoms with Crippen LogP contribution in [0, 0.1) is 0 Å². The van der Waals surface area contributed by atoms with Crippen molar-refractivity contribution < 1.29 is 14.3 Å². The van der Waals surface area contributed by atoms with Crippen LogP contribution >= 0.6 is 0 Å². The summed E-state index contributed by atoms with van der Waals surface area (Å²) in [6, 6.07) is 10.0. The van der Waals surface area contributed by atoms with E-state index in [9.17, 15) is 9.59 Å². The molecule has 0 fully saturated rings. The lowest BCUT2D eigenvalue weighted by molar-refractivity contribution is 0.0600. The van der Waals surface area contributed by atoms with Gasteiger partial charge in [-0.2, -0.15) is 0 Å². The highest BCUT2D eigenvalue weighted by Crippen LogP contribution is 2.15. The monoisotopic (exact) mass is 314 g/mol. The van der Waals surface area contributed by atoms with Gasteiger partial charge in [-0.25, -0.2) is 4.79 Å². The Labute approximate surface area is 134 Å². The van der Waals surface area contributed by atoms with E-state index in [-0.39, 0.29) is 17.6 Å². The Morgan fingerprint density at radius 1 is 1.04 bits per heavy atom. The molecular formula is C16H18N4O3. The molecule has 23 heavy (non-hydrogen) atoms. The summed E-state index contributed by atoms with van der Waals surface area (Å²) in [6.45, 7) is 3.75. The second kappa shape index (κ2) is 7.35. The van der Waals surface area contributed by atoms with Gasteiger partial charge in [0.05, 0.1) is 12.7 Å². The van der Waals surface area contributed by atoms with Crippen LogP contribution in [-0.2, 0) is 4.74 Å². The summed E-state index contributed by atoms with van der Waals surface area (Å²) in [5.74, 6) is -0.157. The maximum atomic E-state index is 11.8. The molecule has 1 amide bonds. The molecule has 0 atom stereocenters. The van der Waals surface area contributed by atoms with E-state index < -0.39 is 5.97 Å². The number of nitrogens with zero attached hydrogens (tertiary/aromatic N) is 2. The highest BCUT2D eigenvalue weighted by molar-refractivity contribution is 5.92. The van der Waals surface area contributed by atoms with Gasteiger partial charge in [-0.1, -0.05) is 0 Å². The summed E-state index contributed by atoms with van der Waals surface area (Å²) < 4.78 is 4.64. The SMILES string of the molecule is COC(=O)c1ccc(Nc2ccc(C(=O)NC(C)C)nn2)cc1. The Bertz CT molecular complexity index is 681. The highest BCUT2D eigenvalue weighted by atomic mass is 16.5. The number of ether oxygens (including phenoxy) is 1. The molecule has 7 nitrogen and oxygen atoms in total. The Morgan fingerprint density at radius 3 is 2.26 bits per heavy atom. The van der Waals surface area contributed by atoms with Gasteiger partial charge in [0.15, 0.2) is 11.5 Å². The van der Waals surface area contributed by atoms with E-state index in [4.69, 9.17) is 0 Å². The number of hydrogen-bond donors (Lipinski definition) is 2. The summed E-state index contributed by atoms with van der Waals surface area (Å²) in [6.07, 6.45) is 0. The van der Waals surface area contributed by atoms with Crippen LogP contribution in [0.25, 0.3) is 0 Å². The van der Waals surface area contributed by atoms with E-state index in [2.05, 4.69) is 25.6 Å². The van der Waals surface area contributed by atoms with Crippen LogP contribution in [0.4, 0.5) is 11.5 Å². The van der Waals surface area contributed by atoms with Crippen molar-refractivity contribution in [1.29, 1.82) is 0 Å². The van der Waals surface area contributed by atoms with Crippen molar-refractivity contribution in [3.8, 4) is 0 Å². The van der Waals surface area contributed by atoms with Crippen molar-refractivity contribution in [1.82, 2.24) is 15.5 Å². The first-order valence-corrected chi connectivity index (χ1v) is 7.09. The summed E-state index contributed by atoms with van der Waals surface area (Å²) in [5.41, 5.74) is 1.46. The lowest BCUT2D eigenvalue weighted by Gasteiger charge is -2.08. The number of esters is 1. The van der Waals surface area contributed by atoms with Gasteiger partial charge in [0.25, 0.3) is 5.91 Å². The van der Waals surface area contributed by atoms with Gasteiger partial charge >= 0.3 is 5.97 Å². The Morgan fingerprint density at radius 2 is 1.74 bits per heavy atom. The smallest absolute Gasteiger partial charge is 0.337 e. The molecule has 7 heteroatoms. The van der Waals surface area contributed by atoms with Gasteiger partial charge < -0.3 is 15.4 Å². The predicted molar refractivity (Wildman–Crippen MR) is 85.7 cm³/mol. The van der Waals surface area contributed by atoms with Crippen LogP contribution in [0.1, 0.15) is 34.7 Å². The highest BCUT2D eigenvalue weighted by Gasteiger charge is 2.09. The fourth-order valence-corrected chi connectivity index (χ4v) is 1.81. The molecule has 1 aromatic carbocycles. The number of methoxy groups -OCH3 is 1. The third-order valence-electron chi connectivity index (χ3n) is 2.90. The predicted octanol–water partition coefficient (Wildman–Crippen LogP) is 2.14. The maximum Gasteiger partial charge on any atom is 0.337 e. The molecule has 0 aliphatic heterocycles. The maximum absolute atomic E-state index is 11.8. The van der Waals surface area contributed by atoms with Crippen LogP contribution in [-0.4, -0.2) is 35.2 Å². The minimum atomic E-state index is -0.392. The molecule has 0 radical (unpaired) electrons. The van der Waals surface area contributed by atoms with Crippen molar-refractivity contribution in [2.45, 2.75) is 19.9 Å². The summed E-state index contributed by atoms with van der Waals surface area (Å²) in [4.78, 5) is 23.1. The summed E-state index contributed by atoms with van der Waals surface area (Å²) >= 11 is 0. The summed E-state index contributed by atoms with van der Waals surface area (Å²) in [7, 11) is 1.33. The average molecular weight is 314 g/mol. The zero-order valence-electron chi connectivity index (χ0n) is 13.2. The molecule has 2 aromatic rings. The van der Waals surface area contributed by atoms with Gasteiger partial charge in [0.2, 0.25) is 0 Å². The zero-order valence-corrected chi connectivity index (χ0v) is 13.2. The molecule has 0 aliphatic carbocycles. The van der Waals surface area contributed by atoms with E-state index in [0.29, 0.717) is 11.4 Å². The first-order valence-electron chi connectivity index (χ1n) is 7.09. The number of anilines is 2. The van der Waals surface area contributed by atoms with Crippen molar-refractivity contribution in [2.24, 2.45) is 0 Å². The van der Waals surface area contributed by atoms with Crippen LogP contribution in [0.15, 0.2) is 36.4 Å². The molecule has 0 saturated heterocycles. The van der Waals surface area contributed by atoms with E-state index in [0.717, 1.165) is 5.69 Å². The van der Waals surface area contributed by atoms with Crippen LogP contribution < -0.4 is 10.6 Å². The number of aromatic nitrogens is 2. The van der Waals surface area contributed by atoms with E-state index in [1.165, 1.54) is 7.11 Å². The third kappa shape index (κ3) is 4.50. The topological polar surface area (TPSA) is 93.2 Å². The van der Waals surface area contributed by atoms with Gasteiger partial charge in [0.1, 0.15) is 0 Å². The number of benzene rings is 1. The minimum Gasteiger partial charge on any atom is -0.465 e. The quantitative estimate of drug-likeness (QED) is 0.821. The second-order valence-corrected chi connectivity index (χ2v) is 5.13. The molecule has 0 unspecified atom stereocenters. The molecule has 0 saturated carbocycles. The van der Waals surface area contributed by atoms with Gasteiger partial charge in [-0.05, 0) is 50.2 Å². The van der Waals surface area contributed by atoms with E-state index in [1.54, 1.807) is 36.4 Å². The van der Waals surface area contributed by atoms with E-state index in [1.807, 2.05) is 13.8 Å². The Kier molecular flexibility index (Phi) is 5.24. The van der Waals surface area contributed by atoms with Crippen molar-refractivity contribution in [3.63, 3.8) is 0 Å². The van der Waals surface area contributed by atoms with Gasteiger partial charge in [0, 0.05) is 11.7 Å². The lowest BCUT2D eigenvalue weighted by atomic mass is 10.2. The fraction of sp³-hybridized carbons (Fsp3) is 0.250. The Balaban J connectivity index is 2.03. The largest absolute Gasteiger partial charge is 0.465 e. The van der Waals surface area contributed by atoms with Crippen molar-refractivity contribution in [2.75, 3.05) is 12.4 Å². The normalized spacial score (nSPS) is 10.3. The van der Waals surface area contributed by atoms with E-state index >= 15 is 0 Å². The number of carbonyl (C=O) groups is 2.